The molecule has 18 heavy (non-hydrogen) atoms. The summed E-state index contributed by atoms with van der Waals surface area (Å²) in [5, 5.41) is 3.86. The number of rotatable bonds is 6. The van der Waals surface area contributed by atoms with Crippen LogP contribution < -0.4 is 5.32 Å². The minimum atomic E-state index is -0.188. The molecule has 1 saturated heterocycles. The van der Waals surface area contributed by atoms with Gasteiger partial charge in [-0.3, -0.25) is 0 Å². The standard InChI is InChI=1S/C14H20ClFN2/c15-13-4-5-14(16)12(10-13)11-17-6-3-9-18-7-1-2-8-18/h4-5,10,17H,1-3,6-9,11H2. The van der Waals surface area contributed by atoms with Crippen LogP contribution in [0.25, 0.3) is 0 Å². The van der Waals surface area contributed by atoms with Gasteiger partial charge in [0.2, 0.25) is 0 Å². The van der Waals surface area contributed by atoms with Gasteiger partial charge in [-0.05, 0) is 63.6 Å². The van der Waals surface area contributed by atoms with E-state index in [4.69, 9.17) is 11.6 Å². The summed E-state index contributed by atoms with van der Waals surface area (Å²) in [4.78, 5) is 2.49. The molecule has 0 radical (unpaired) electrons. The minimum Gasteiger partial charge on any atom is -0.313 e. The third-order valence-corrected chi connectivity index (χ3v) is 3.58. The van der Waals surface area contributed by atoms with Gasteiger partial charge in [0.1, 0.15) is 5.82 Å². The average Bonchev–Trinajstić information content (AvgIpc) is 2.86. The van der Waals surface area contributed by atoms with Crippen molar-refractivity contribution in [2.24, 2.45) is 0 Å². The van der Waals surface area contributed by atoms with Crippen molar-refractivity contribution in [1.82, 2.24) is 10.2 Å². The molecule has 0 aliphatic carbocycles. The number of halogens is 2. The predicted octanol–water partition coefficient (Wildman–Crippen LogP) is 3.05. The fourth-order valence-electron chi connectivity index (χ4n) is 2.34. The topological polar surface area (TPSA) is 15.3 Å². The fourth-order valence-corrected chi connectivity index (χ4v) is 2.53. The van der Waals surface area contributed by atoms with Crippen LogP contribution in [-0.2, 0) is 6.54 Å². The number of benzene rings is 1. The Hall–Kier alpha value is -0.640. The molecule has 1 fully saturated rings. The van der Waals surface area contributed by atoms with Gasteiger partial charge in [-0.25, -0.2) is 4.39 Å². The Kier molecular flexibility index (Phi) is 5.42. The van der Waals surface area contributed by atoms with Crippen LogP contribution in [0.15, 0.2) is 18.2 Å². The van der Waals surface area contributed by atoms with Crippen LogP contribution in [0.1, 0.15) is 24.8 Å². The summed E-state index contributed by atoms with van der Waals surface area (Å²) in [5.74, 6) is -0.188. The Labute approximate surface area is 113 Å². The summed E-state index contributed by atoms with van der Waals surface area (Å²) in [6.45, 7) is 5.09. The maximum atomic E-state index is 13.4. The number of likely N-dealkylation sites (tertiary alicyclic amines) is 1. The lowest BCUT2D eigenvalue weighted by Crippen LogP contribution is -2.24. The first-order chi connectivity index (χ1) is 8.75. The number of nitrogens with one attached hydrogen (secondary N) is 1. The lowest BCUT2D eigenvalue weighted by Gasteiger charge is -2.14. The predicted molar refractivity (Wildman–Crippen MR) is 73.4 cm³/mol. The Bertz CT molecular complexity index is 378. The average molecular weight is 271 g/mol. The van der Waals surface area contributed by atoms with Crippen molar-refractivity contribution >= 4 is 11.6 Å². The normalized spacial score (nSPS) is 16.3. The van der Waals surface area contributed by atoms with Gasteiger partial charge in [0.05, 0.1) is 0 Å². The van der Waals surface area contributed by atoms with Gasteiger partial charge in [0.25, 0.3) is 0 Å². The summed E-state index contributed by atoms with van der Waals surface area (Å²) in [5.41, 5.74) is 0.642. The van der Waals surface area contributed by atoms with Crippen LogP contribution in [0.3, 0.4) is 0 Å². The molecule has 0 unspecified atom stereocenters. The molecule has 1 aromatic rings. The van der Waals surface area contributed by atoms with Crippen LogP contribution in [0.5, 0.6) is 0 Å². The van der Waals surface area contributed by atoms with Gasteiger partial charge in [0, 0.05) is 17.1 Å². The first-order valence-corrected chi connectivity index (χ1v) is 7.00. The van der Waals surface area contributed by atoms with Crippen molar-refractivity contribution in [3.63, 3.8) is 0 Å². The van der Waals surface area contributed by atoms with Gasteiger partial charge in [-0.15, -0.1) is 0 Å². The molecule has 2 nitrogen and oxygen atoms in total. The first kappa shape index (κ1) is 13.8. The van der Waals surface area contributed by atoms with Crippen molar-refractivity contribution in [1.29, 1.82) is 0 Å². The van der Waals surface area contributed by atoms with E-state index < -0.39 is 0 Å². The van der Waals surface area contributed by atoms with E-state index in [1.165, 1.54) is 32.0 Å². The molecule has 1 aliphatic rings. The summed E-state index contributed by atoms with van der Waals surface area (Å²) in [6.07, 6.45) is 3.78. The van der Waals surface area contributed by atoms with Crippen molar-refractivity contribution < 1.29 is 4.39 Å². The van der Waals surface area contributed by atoms with E-state index in [1.807, 2.05) is 0 Å². The highest BCUT2D eigenvalue weighted by molar-refractivity contribution is 6.30. The second-order valence-electron chi connectivity index (χ2n) is 4.81. The molecule has 0 atom stereocenters. The van der Waals surface area contributed by atoms with Gasteiger partial charge >= 0.3 is 0 Å². The quantitative estimate of drug-likeness (QED) is 0.800. The van der Waals surface area contributed by atoms with Crippen LogP contribution in [0, 0.1) is 5.82 Å². The van der Waals surface area contributed by atoms with E-state index >= 15 is 0 Å². The van der Waals surface area contributed by atoms with Crippen molar-refractivity contribution in [3.05, 3.63) is 34.6 Å². The largest absolute Gasteiger partial charge is 0.313 e. The van der Waals surface area contributed by atoms with Crippen molar-refractivity contribution in [3.8, 4) is 0 Å². The van der Waals surface area contributed by atoms with Gasteiger partial charge in [-0.1, -0.05) is 11.6 Å². The number of nitrogens with zero attached hydrogens (tertiary/aromatic N) is 1. The third-order valence-electron chi connectivity index (χ3n) is 3.35. The summed E-state index contributed by atoms with van der Waals surface area (Å²) < 4.78 is 13.4. The van der Waals surface area contributed by atoms with E-state index in [-0.39, 0.29) is 5.82 Å². The number of hydrogen-bond acceptors (Lipinski definition) is 2. The maximum Gasteiger partial charge on any atom is 0.127 e. The van der Waals surface area contributed by atoms with Crippen LogP contribution in [0.2, 0.25) is 5.02 Å². The molecule has 4 heteroatoms. The Morgan fingerprint density at radius 1 is 1.28 bits per heavy atom. The molecule has 1 aliphatic heterocycles. The maximum absolute atomic E-state index is 13.4. The molecule has 0 saturated carbocycles. The summed E-state index contributed by atoms with van der Waals surface area (Å²) in [6, 6.07) is 4.68. The monoisotopic (exact) mass is 270 g/mol. The molecule has 0 aromatic heterocycles. The lowest BCUT2D eigenvalue weighted by atomic mass is 10.2. The van der Waals surface area contributed by atoms with Crippen LogP contribution >= 0.6 is 11.6 Å². The fraction of sp³-hybridized carbons (Fsp3) is 0.571. The highest BCUT2D eigenvalue weighted by Gasteiger charge is 2.10. The summed E-state index contributed by atoms with van der Waals surface area (Å²) >= 11 is 5.84. The number of hydrogen-bond donors (Lipinski definition) is 1. The zero-order valence-corrected chi connectivity index (χ0v) is 11.3. The molecule has 100 valence electrons. The van der Waals surface area contributed by atoms with Gasteiger partial charge in [0.15, 0.2) is 0 Å². The smallest absolute Gasteiger partial charge is 0.127 e. The Balaban J connectivity index is 1.64. The third kappa shape index (κ3) is 4.23. The van der Waals surface area contributed by atoms with E-state index in [9.17, 15) is 4.39 Å². The molecule has 1 aromatic carbocycles. The highest BCUT2D eigenvalue weighted by atomic mass is 35.5. The Morgan fingerprint density at radius 3 is 2.83 bits per heavy atom. The van der Waals surface area contributed by atoms with Crippen LogP contribution in [-0.4, -0.2) is 31.1 Å². The van der Waals surface area contributed by atoms with Gasteiger partial charge in [-0.2, -0.15) is 0 Å². The highest BCUT2D eigenvalue weighted by Crippen LogP contribution is 2.14. The van der Waals surface area contributed by atoms with E-state index in [2.05, 4.69) is 10.2 Å². The molecule has 1 N–H and O–H groups in total. The molecule has 2 rings (SSSR count). The zero-order chi connectivity index (χ0) is 12.8. The molecular weight excluding hydrogens is 251 g/mol. The van der Waals surface area contributed by atoms with E-state index in [0.717, 1.165) is 19.5 Å². The second-order valence-corrected chi connectivity index (χ2v) is 5.25. The van der Waals surface area contributed by atoms with Crippen LogP contribution in [0.4, 0.5) is 4.39 Å². The van der Waals surface area contributed by atoms with E-state index in [0.29, 0.717) is 17.1 Å². The van der Waals surface area contributed by atoms with E-state index in [1.54, 1.807) is 12.1 Å². The first-order valence-electron chi connectivity index (χ1n) is 6.63. The SMILES string of the molecule is Fc1ccc(Cl)cc1CNCCCN1CCCC1. The molecule has 1 heterocycles. The Morgan fingerprint density at radius 2 is 2.06 bits per heavy atom. The summed E-state index contributed by atoms with van der Waals surface area (Å²) in [7, 11) is 0. The zero-order valence-electron chi connectivity index (χ0n) is 10.6. The molecule has 0 amide bonds. The lowest BCUT2D eigenvalue weighted by molar-refractivity contribution is 0.331. The molecule has 0 spiro atoms. The van der Waals surface area contributed by atoms with Crippen molar-refractivity contribution in [2.75, 3.05) is 26.2 Å². The van der Waals surface area contributed by atoms with Gasteiger partial charge < -0.3 is 10.2 Å². The molecule has 0 bridgehead atoms. The van der Waals surface area contributed by atoms with Crippen molar-refractivity contribution in [2.45, 2.75) is 25.8 Å². The molecular formula is C14H20ClFN2. The second kappa shape index (κ2) is 7.07. The minimum absolute atomic E-state index is 0.188.